The van der Waals surface area contributed by atoms with Crippen LogP contribution in [0.4, 0.5) is 0 Å². The summed E-state index contributed by atoms with van der Waals surface area (Å²) in [6.45, 7) is 1.97. The van der Waals surface area contributed by atoms with E-state index in [2.05, 4.69) is 128 Å². The van der Waals surface area contributed by atoms with Gasteiger partial charge in [0, 0.05) is 12.8 Å². The van der Waals surface area contributed by atoms with Crippen LogP contribution in [-0.4, -0.2) is 65.7 Å². The molecule has 0 aromatic rings. The van der Waals surface area contributed by atoms with E-state index in [1.54, 1.807) is 0 Å². The number of phosphoric acid groups is 1. The van der Waals surface area contributed by atoms with Crippen molar-refractivity contribution in [2.45, 2.75) is 129 Å². The molecule has 0 amide bonds. The van der Waals surface area contributed by atoms with Crippen molar-refractivity contribution >= 4 is 19.8 Å². The number of carbonyl (C=O) groups is 2. The second-order valence-electron chi connectivity index (χ2n) is 12.9. The van der Waals surface area contributed by atoms with Gasteiger partial charge in [-0.05, 0) is 89.9 Å². The Bertz CT molecular complexity index is 1350. The zero-order valence-corrected chi connectivity index (χ0v) is 35.4. The first-order chi connectivity index (χ1) is 27.7. The number of ether oxygens (including phenoxy) is 2. The predicted octanol–water partition coefficient (Wildman–Crippen LogP) is 10.8. The van der Waals surface area contributed by atoms with Crippen LogP contribution in [0.5, 0.6) is 0 Å². The molecule has 1 unspecified atom stereocenters. The monoisotopic (exact) mass is 814 g/mol. The number of esters is 2. The lowest BCUT2D eigenvalue weighted by molar-refractivity contribution is -0.161. The molecule has 0 fully saturated rings. The summed E-state index contributed by atoms with van der Waals surface area (Å²) in [5, 5.41) is 18.3. The van der Waals surface area contributed by atoms with Gasteiger partial charge in [0.1, 0.15) is 12.7 Å². The summed E-state index contributed by atoms with van der Waals surface area (Å²) < 4.78 is 32.5. The lowest BCUT2D eigenvalue weighted by atomic mass is 10.2. The molecule has 0 saturated carbocycles. The summed E-state index contributed by atoms with van der Waals surface area (Å²) in [6.07, 6.45) is 51.9. The van der Waals surface area contributed by atoms with Crippen LogP contribution in [0.2, 0.25) is 0 Å². The Kier molecular flexibility index (Phi) is 38.0. The molecule has 3 N–H and O–H groups in total. The Morgan fingerprint density at radius 1 is 0.526 bits per heavy atom. The molecule has 57 heavy (non-hydrogen) atoms. The number of rotatable bonds is 36. The second kappa shape index (κ2) is 40.6. The standard InChI is InChI=1S/C46H71O10P/c1-3-5-7-9-11-13-15-17-19-20-21-22-24-25-27-29-31-33-35-37-45(49)53-41-44(42-55-57(51,52)54-40-43(48)39-47)56-46(50)38-36-34-32-30-28-26-23-18-16-14-12-10-8-6-4-2/h5-8,11-14,17-19,21-23,25,27-28,30-31,33,43-44,47-48H,3-4,9-10,15-16,20,24,26,29,32,34-42H2,1-2H3,(H,51,52)/b7-5-,8-6-,13-11-,14-12-,19-17-,22-21-,23-18-,27-25-,30-28-,33-31-/t43-,44+/m0/s1. The van der Waals surface area contributed by atoms with Crippen molar-refractivity contribution in [1.29, 1.82) is 0 Å². The van der Waals surface area contributed by atoms with Crippen molar-refractivity contribution in [1.82, 2.24) is 0 Å². The number of aliphatic hydroxyl groups is 2. The van der Waals surface area contributed by atoms with E-state index < -0.39 is 51.8 Å². The summed E-state index contributed by atoms with van der Waals surface area (Å²) in [5.74, 6) is -1.09. The van der Waals surface area contributed by atoms with Crippen LogP contribution < -0.4 is 0 Å². The van der Waals surface area contributed by atoms with Gasteiger partial charge in [-0.15, -0.1) is 0 Å². The van der Waals surface area contributed by atoms with Gasteiger partial charge in [0.2, 0.25) is 0 Å². The van der Waals surface area contributed by atoms with Gasteiger partial charge in [-0.1, -0.05) is 135 Å². The van der Waals surface area contributed by atoms with E-state index in [0.717, 1.165) is 77.0 Å². The number of unbranched alkanes of at least 4 members (excludes halogenated alkanes) is 2. The molecule has 0 spiro atoms. The summed E-state index contributed by atoms with van der Waals surface area (Å²) in [5.41, 5.74) is 0. The molecule has 0 aliphatic rings. The molecule has 0 aromatic heterocycles. The molecule has 320 valence electrons. The minimum Gasteiger partial charge on any atom is -0.462 e. The topological polar surface area (TPSA) is 149 Å². The van der Waals surface area contributed by atoms with Crippen molar-refractivity contribution < 1.29 is 47.8 Å². The second-order valence-corrected chi connectivity index (χ2v) is 14.3. The largest absolute Gasteiger partial charge is 0.472 e. The van der Waals surface area contributed by atoms with Crippen molar-refractivity contribution in [3.63, 3.8) is 0 Å². The van der Waals surface area contributed by atoms with Gasteiger partial charge in [-0.25, -0.2) is 4.57 Å². The smallest absolute Gasteiger partial charge is 0.462 e. The Labute approximate surface area is 343 Å². The van der Waals surface area contributed by atoms with E-state index in [1.807, 2.05) is 12.2 Å². The van der Waals surface area contributed by atoms with E-state index in [4.69, 9.17) is 19.1 Å². The van der Waals surface area contributed by atoms with Crippen LogP contribution in [-0.2, 0) is 32.7 Å². The maximum atomic E-state index is 12.6. The zero-order valence-electron chi connectivity index (χ0n) is 34.5. The summed E-state index contributed by atoms with van der Waals surface area (Å²) >= 11 is 0. The van der Waals surface area contributed by atoms with E-state index in [0.29, 0.717) is 12.8 Å². The summed E-state index contributed by atoms with van der Waals surface area (Å²) in [4.78, 5) is 34.9. The maximum Gasteiger partial charge on any atom is 0.472 e. The molecule has 0 aliphatic heterocycles. The summed E-state index contributed by atoms with van der Waals surface area (Å²) in [6, 6.07) is 0. The fourth-order valence-corrected chi connectivity index (χ4v) is 5.33. The zero-order chi connectivity index (χ0) is 41.9. The van der Waals surface area contributed by atoms with Gasteiger partial charge in [0.05, 0.1) is 19.8 Å². The van der Waals surface area contributed by atoms with Crippen LogP contribution in [0.25, 0.3) is 0 Å². The van der Waals surface area contributed by atoms with Crippen molar-refractivity contribution in [3.8, 4) is 0 Å². The number of hydrogen-bond donors (Lipinski definition) is 3. The van der Waals surface area contributed by atoms with Gasteiger partial charge >= 0.3 is 19.8 Å². The molecule has 0 saturated heterocycles. The van der Waals surface area contributed by atoms with Gasteiger partial charge in [0.15, 0.2) is 6.10 Å². The van der Waals surface area contributed by atoms with Crippen LogP contribution >= 0.6 is 7.82 Å². The number of hydrogen-bond acceptors (Lipinski definition) is 9. The van der Waals surface area contributed by atoms with Crippen LogP contribution in [0.15, 0.2) is 122 Å². The molecule has 0 rings (SSSR count). The highest BCUT2D eigenvalue weighted by atomic mass is 31.2. The third-order valence-corrected chi connectivity index (χ3v) is 8.58. The first-order valence-corrected chi connectivity index (χ1v) is 22.0. The van der Waals surface area contributed by atoms with Gasteiger partial charge < -0.3 is 24.6 Å². The predicted molar refractivity (Wildman–Crippen MR) is 232 cm³/mol. The molecular weight excluding hydrogens is 743 g/mol. The molecule has 11 heteroatoms. The Balaban J connectivity index is 4.55. The first kappa shape index (κ1) is 53.4. The number of aliphatic hydroxyl groups excluding tert-OH is 2. The highest BCUT2D eigenvalue weighted by molar-refractivity contribution is 7.47. The Hall–Kier alpha value is -3.63. The van der Waals surface area contributed by atoms with Crippen molar-refractivity contribution in [3.05, 3.63) is 122 Å². The molecular formula is C46H71O10P. The third kappa shape index (κ3) is 40.4. The van der Waals surface area contributed by atoms with E-state index >= 15 is 0 Å². The van der Waals surface area contributed by atoms with Crippen molar-refractivity contribution in [2.24, 2.45) is 0 Å². The van der Waals surface area contributed by atoms with Crippen LogP contribution in [0, 0.1) is 0 Å². The van der Waals surface area contributed by atoms with E-state index in [-0.39, 0.29) is 19.4 Å². The van der Waals surface area contributed by atoms with Crippen LogP contribution in [0.1, 0.15) is 117 Å². The lowest BCUT2D eigenvalue weighted by Gasteiger charge is -2.20. The lowest BCUT2D eigenvalue weighted by Crippen LogP contribution is -2.29. The molecule has 0 aliphatic carbocycles. The molecule has 10 nitrogen and oxygen atoms in total. The minimum atomic E-state index is -4.65. The maximum absolute atomic E-state index is 12.6. The average molecular weight is 815 g/mol. The molecule has 0 heterocycles. The number of allylic oxidation sites excluding steroid dienone is 20. The fraction of sp³-hybridized carbons (Fsp3) is 0.522. The molecule has 0 radical (unpaired) electrons. The number of phosphoric ester groups is 1. The summed E-state index contributed by atoms with van der Waals surface area (Å²) in [7, 11) is -4.65. The van der Waals surface area contributed by atoms with E-state index in [1.165, 1.54) is 0 Å². The number of carbonyl (C=O) groups excluding carboxylic acids is 2. The van der Waals surface area contributed by atoms with Gasteiger partial charge in [0.25, 0.3) is 0 Å². The molecule has 0 aromatic carbocycles. The molecule has 3 atom stereocenters. The SMILES string of the molecule is CC/C=C\C/C=C\C/C=C\C/C=C\C/C=C\C/C=C\CCC(=O)OC[C@H](COP(=O)(O)OC[C@@H](O)CO)OC(=O)CCCC/C=C\C/C=C\C/C=C\C/C=C\CC. The Morgan fingerprint density at radius 2 is 0.930 bits per heavy atom. The van der Waals surface area contributed by atoms with Crippen LogP contribution in [0.3, 0.4) is 0 Å². The quantitative estimate of drug-likeness (QED) is 0.0241. The van der Waals surface area contributed by atoms with Crippen molar-refractivity contribution in [2.75, 3.05) is 26.4 Å². The normalized spacial score (nSPS) is 15.1. The highest BCUT2D eigenvalue weighted by Crippen LogP contribution is 2.43. The highest BCUT2D eigenvalue weighted by Gasteiger charge is 2.27. The first-order valence-electron chi connectivity index (χ1n) is 20.5. The molecule has 0 bridgehead atoms. The minimum absolute atomic E-state index is 0.0988. The van der Waals surface area contributed by atoms with Gasteiger partial charge in [-0.2, -0.15) is 0 Å². The average Bonchev–Trinajstić information content (AvgIpc) is 3.20. The van der Waals surface area contributed by atoms with Gasteiger partial charge in [-0.3, -0.25) is 18.6 Å². The third-order valence-electron chi connectivity index (χ3n) is 7.62. The fourth-order valence-electron chi connectivity index (χ4n) is 4.54. The Morgan fingerprint density at radius 3 is 1.37 bits per heavy atom. The van der Waals surface area contributed by atoms with E-state index in [9.17, 15) is 24.2 Å².